The topological polar surface area (TPSA) is 47.8 Å². The van der Waals surface area contributed by atoms with E-state index in [9.17, 15) is 0 Å². The van der Waals surface area contributed by atoms with Crippen LogP contribution in [0.15, 0.2) is 24.3 Å². The molecule has 16 heavy (non-hydrogen) atoms. The van der Waals surface area contributed by atoms with Crippen molar-refractivity contribution in [2.45, 2.75) is 19.9 Å². The zero-order valence-corrected chi connectivity index (χ0v) is 10.1. The Labute approximate surface area is 101 Å². The maximum Gasteiger partial charge on any atom is 0.166 e. The smallest absolute Gasteiger partial charge is 0.166 e. The quantitative estimate of drug-likeness (QED) is 0.780. The predicted molar refractivity (Wildman–Crippen MR) is 68.9 cm³/mol. The molecule has 0 saturated carbocycles. The van der Waals surface area contributed by atoms with Crippen LogP contribution < -0.4 is 10.6 Å². The van der Waals surface area contributed by atoms with Crippen molar-refractivity contribution in [3.63, 3.8) is 0 Å². The number of benzene rings is 1. The van der Waals surface area contributed by atoms with E-state index in [2.05, 4.69) is 23.6 Å². The molecule has 2 N–H and O–H groups in total. The van der Waals surface area contributed by atoms with Gasteiger partial charge in [0.25, 0.3) is 0 Å². The Bertz CT molecular complexity index is 395. The lowest BCUT2D eigenvalue weighted by Gasteiger charge is -2.09. The van der Waals surface area contributed by atoms with Gasteiger partial charge >= 0.3 is 0 Å². The molecule has 0 saturated heterocycles. The molecule has 0 aliphatic rings. The second-order valence-corrected chi connectivity index (χ2v) is 3.83. The van der Waals surface area contributed by atoms with Crippen LogP contribution in [0.1, 0.15) is 24.5 Å². The summed E-state index contributed by atoms with van der Waals surface area (Å²) < 4.78 is 0. The zero-order chi connectivity index (χ0) is 11.8. The summed E-state index contributed by atoms with van der Waals surface area (Å²) in [7, 11) is 0. The monoisotopic (exact) mass is 233 g/mol. The van der Waals surface area contributed by atoms with E-state index in [4.69, 9.17) is 17.5 Å². The highest BCUT2D eigenvalue weighted by Gasteiger charge is 1.97. The summed E-state index contributed by atoms with van der Waals surface area (Å²) in [6.45, 7) is 3.61. The first-order valence-corrected chi connectivity index (χ1v) is 5.68. The van der Waals surface area contributed by atoms with Gasteiger partial charge in [0.15, 0.2) is 5.11 Å². The normalized spacial score (nSPS) is 9.25. The fourth-order valence-corrected chi connectivity index (χ4v) is 1.41. The molecule has 0 unspecified atom stereocenters. The van der Waals surface area contributed by atoms with Gasteiger partial charge in [0.1, 0.15) is 0 Å². The van der Waals surface area contributed by atoms with Crippen molar-refractivity contribution in [2.75, 3.05) is 6.54 Å². The molecule has 1 rings (SSSR count). The van der Waals surface area contributed by atoms with Crippen LogP contribution in [0.2, 0.25) is 0 Å². The van der Waals surface area contributed by atoms with Gasteiger partial charge in [-0.15, -0.1) is 0 Å². The van der Waals surface area contributed by atoms with E-state index in [1.807, 2.05) is 18.2 Å². The molecule has 0 spiro atoms. The molecule has 1 aromatic rings. The van der Waals surface area contributed by atoms with Crippen molar-refractivity contribution in [3.8, 4) is 6.07 Å². The van der Waals surface area contributed by atoms with Gasteiger partial charge in [-0.05, 0) is 36.3 Å². The second kappa shape index (κ2) is 6.81. The van der Waals surface area contributed by atoms with Gasteiger partial charge in [0.05, 0.1) is 11.6 Å². The van der Waals surface area contributed by atoms with E-state index in [-0.39, 0.29) is 0 Å². The van der Waals surface area contributed by atoms with Crippen LogP contribution in [-0.4, -0.2) is 11.7 Å². The molecule has 0 heterocycles. The number of nitriles is 1. The maximum atomic E-state index is 8.75. The SMILES string of the molecule is CCCNC(=S)NCc1cccc(C#N)c1. The lowest BCUT2D eigenvalue weighted by molar-refractivity contribution is 0.799. The largest absolute Gasteiger partial charge is 0.363 e. The standard InChI is InChI=1S/C12H15N3S/c1-2-6-14-12(16)15-9-11-5-3-4-10(7-11)8-13/h3-5,7H,2,6,9H2,1H3,(H2,14,15,16). The summed E-state index contributed by atoms with van der Waals surface area (Å²) in [6.07, 6.45) is 1.05. The third kappa shape index (κ3) is 4.28. The molecule has 0 atom stereocenters. The van der Waals surface area contributed by atoms with Gasteiger partial charge < -0.3 is 10.6 Å². The lowest BCUT2D eigenvalue weighted by atomic mass is 10.1. The summed E-state index contributed by atoms with van der Waals surface area (Å²) in [5.41, 5.74) is 1.73. The average molecular weight is 233 g/mol. The van der Waals surface area contributed by atoms with Crippen LogP contribution in [0, 0.1) is 11.3 Å². The molecule has 0 aromatic heterocycles. The minimum Gasteiger partial charge on any atom is -0.363 e. The Balaban J connectivity index is 2.42. The average Bonchev–Trinajstić information content (AvgIpc) is 2.34. The van der Waals surface area contributed by atoms with E-state index >= 15 is 0 Å². The molecule has 1 aromatic carbocycles. The van der Waals surface area contributed by atoms with Crippen LogP contribution in [0.5, 0.6) is 0 Å². The number of nitrogens with zero attached hydrogens (tertiary/aromatic N) is 1. The summed E-state index contributed by atoms with van der Waals surface area (Å²) in [6, 6.07) is 9.60. The number of thiocarbonyl (C=S) groups is 1. The van der Waals surface area contributed by atoms with Gasteiger partial charge in [0, 0.05) is 13.1 Å². The van der Waals surface area contributed by atoms with E-state index < -0.39 is 0 Å². The van der Waals surface area contributed by atoms with Gasteiger partial charge in [-0.25, -0.2) is 0 Å². The molecule has 0 fully saturated rings. The van der Waals surface area contributed by atoms with Crippen LogP contribution >= 0.6 is 12.2 Å². The number of hydrogen-bond acceptors (Lipinski definition) is 2. The van der Waals surface area contributed by atoms with E-state index in [1.54, 1.807) is 6.07 Å². The highest BCUT2D eigenvalue weighted by atomic mass is 32.1. The van der Waals surface area contributed by atoms with Gasteiger partial charge in [-0.3, -0.25) is 0 Å². The molecular formula is C12H15N3S. The van der Waals surface area contributed by atoms with E-state index in [0.29, 0.717) is 17.2 Å². The number of rotatable bonds is 4. The Hall–Kier alpha value is -1.60. The van der Waals surface area contributed by atoms with Crippen molar-refractivity contribution in [1.29, 1.82) is 5.26 Å². The highest BCUT2D eigenvalue weighted by Crippen LogP contribution is 2.03. The minimum atomic E-state index is 0.644. The van der Waals surface area contributed by atoms with Crippen molar-refractivity contribution in [3.05, 3.63) is 35.4 Å². The van der Waals surface area contributed by atoms with Crippen molar-refractivity contribution < 1.29 is 0 Å². The van der Waals surface area contributed by atoms with Crippen molar-refractivity contribution in [1.82, 2.24) is 10.6 Å². The molecule has 0 radical (unpaired) electrons. The first-order chi connectivity index (χ1) is 7.76. The molecule has 0 aliphatic carbocycles. The third-order valence-electron chi connectivity index (χ3n) is 2.04. The summed E-state index contributed by atoms with van der Waals surface area (Å²) in [5, 5.41) is 15.6. The van der Waals surface area contributed by atoms with Crippen LogP contribution in [0.4, 0.5) is 0 Å². The van der Waals surface area contributed by atoms with E-state index in [0.717, 1.165) is 18.5 Å². The van der Waals surface area contributed by atoms with Gasteiger partial charge in [-0.2, -0.15) is 5.26 Å². The summed E-state index contributed by atoms with van der Waals surface area (Å²) in [4.78, 5) is 0. The predicted octanol–water partition coefficient (Wildman–Crippen LogP) is 1.93. The molecule has 0 bridgehead atoms. The molecule has 3 nitrogen and oxygen atoms in total. The minimum absolute atomic E-state index is 0.644. The van der Waals surface area contributed by atoms with Gasteiger partial charge in [0.2, 0.25) is 0 Å². The van der Waals surface area contributed by atoms with Crippen LogP contribution in [0.25, 0.3) is 0 Å². The highest BCUT2D eigenvalue weighted by molar-refractivity contribution is 7.80. The van der Waals surface area contributed by atoms with Crippen molar-refractivity contribution >= 4 is 17.3 Å². The Morgan fingerprint density at radius 2 is 2.25 bits per heavy atom. The number of nitrogens with one attached hydrogen (secondary N) is 2. The Kier molecular flexibility index (Phi) is 5.30. The fourth-order valence-electron chi connectivity index (χ4n) is 1.23. The Morgan fingerprint density at radius 3 is 2.94 bits per heavy atom. The first kappa shape index (κ1) is 12.5. The van der Waals surface area contributed by atoms with Gasteiger partial charge in [-0.1, -0.05) is 19.1 Å². The lowest BCUT2D eigenvalue weighted by Crippen LogP contribution is -2.35. The molecule has 0 aliphatic heterocycles. The Morgan fingerprint density at radius 1 is 1.44 bits per heavy atom. The van der Waals surface area contributed by atoms with Crippen molar-refractivity contribution in [2.24, 2.45) is 0 Å². The molecular weight excluding hydrogens is 218 g/mol. The molecule has 0 amide bonds. The molecule has 4 heteroatoms. The third-order valence-corrected chi connectivity index (χ3v) is 2.33. The number of hydrogen-bond donors (Lipinski definition) is 2. The summed E-state index contributed by atoms with van der Waals surface area (Å²) >= 11 is 5.09. The zero-order valence-electron chi connectivity index (χ0n) is 9.29. The van der Waals surface area contributed by atoms with Crippen LogP contribution in [-0.2, 0) is 6.54 Å². The van der Waals surface area contributed by atoms with Crippen LogP contribution in [0.3, 0.4) is 0 Å². The van der Waals surface area contributed by atoms with E-state index in [1.165, 1.54) is 0 Å². The summed E-state index contributed by atoms with van der Waals surface area (Å²) in [5.74, 6) is 0. The fraction of sp³-hybridized carbons (Fsp3) is 0.333. The second-order valence-electron chi connectivity index (χ2n) is 3.42. The molecule has 84 valence electrons. The first-order valence-electron chi connectivity index (χ1n) is 5.27. The maximum absolute atomic E-state index is 8.75.